The summed E-state index contributed by atoms with van der Waals surface area (Å²) in [6, 6.07) is 11.3. The summed E-state index contributed by atoms with van der Waals surface area (Å²) in [5.41, 5.74) is 1.51. The molecule has 1 amide bonds. The molecule has 0 aliphatic heterocycles. The minimum atomic E-state index is -4.67. The minimum Gasteiger partial charge on any atom is -0.441 e. The third-order valence-electron chi connectivity index (χ3n) is 5.20. The van der Waals surface area contributed by atoms with Gasteiger partial charge in [0, 0.05) is 30.2 Å². The van der Waals surface area contributed by atoms with Gasteiger partial charge in [0.05, 0.1) is 16.4 Å². The maximum Gasteiger partial charge on any atom is 0.436 e. The molecule has 0 spiro atoms. The number of anilines is 1. The summed E-state index contributed by atoms with van der Waals surface area (Å²) in [5, 5.41) is 6.12. The molecule has 1 aliphatic carbocycles. The Morgan fingerprint density at radius 3 is 2.72 bits per heavy atom. The van der Waals surface area contributed by atoms with Gasteiger partial charge in [-0.2, -0.15) is 18.3 Å². The molecule has 0 unspecified atom stereocenters. The zero-order valence-electron chi connectivity index (χ0n) is 16.7. The van der Waals surface area contributed by atoms with Crippen LogP contribution in [0.5, 0.6) is 0 Å². The summed E-state index contributed by atoms with van der Waals surface area (Å²) >= 11 is 6.06. The van der Waals surface area contributed by atoms with E-state index >= 15 is 0 Å². The number of rotatable bonds is 4. The summed E-state index contributed by atoms with van der Waals surface area (Å²) in [6.45, 7) is 1.73. The van der Waals surface area contributed by atoms with E-state index in [1.54, 1.807) is 43.3 Å². The van der Waals surface area contributed by atoms with Gasteiger partial charge in [-0.25, -0.2) is 9.67 Å². The SMILES string of the molecule is Cc1nc2ccc(NC(=O)c3cccc(-n4nc(C(F)(F)F)c(Cl)c4C4CC4)c3)cc2o1. The Kier molecular flexibility index (Phi) is 4.74. The normalized spacial score (nSPS) is 14.2. The van der Waals surface area contributed by atoms with E-state index in [9.17, 15) is 18.0 Å². The fourth-order valence-electron chi connectivity index (χ4n) is 3.60. The van der Waals surface area contributed by atoms with Gasteiger partial charge in [0.1, 0.15) is 5.52 Å². The van der Waals surface area contributed by atoms with Gasteiger partial charge in [-0.05, 0) is 43.2 Å². The van der Waals surface area contributed by atoms with Crippen molar-refractivity contribution in [2.45, 2.75) is 31.9 Å². The Bertz CT molecular complexity index is 1360. The highest BCUT2D eigenvalue weighted by Gasteiger charge is 2.42. The molecule has 1 N–H and O–H groups in total. The number of fused-ring (bicyclic) bond motifs is 1. The van der Waals surface area contributed by atoms with Crippen molar-refractivity contribution in [2.24, 2.45) is 0 Å². The van der Waals surface area contributed by atoms with E-state index in [4.69, 9.17) is 16.0 Å². The van der Waals surface area contributed by atoms with Crippen molar-refractivity contribution in [3.05, 3.63) is 70.3 Å². The summed E-state index contributed by atoms with van der Waals surface area (Å²) in [6.07, 6.45) is -3.18. The molecule has 1 aliphatic rings. The predicted molar refractivity (Wildman–Crippen MR) is 112 cm³/mol. The minimum absolute atomic E-state index is 0.0827. The second kappa shape index (κ2) is 7.37. The first-order valence-corrected chi connectivity index (χ1v) is 10.2. The first-order chi connectivity index (χ1) is 15.2. The number of amides is 1. The van der Waals surface area contributed by atoms with E-state index in [0.29, 0.717) is 34.1 Å². The number of carbonyl (C=O) groups is 1. The van der Waals surface area contributed by atoms with Crippen LogP contribution in [0.3, 0.4) is 0 Å². The van der Waals surface area contributed by atoms with E-state index in [1.807, 2.05) is 0 Å². The second-order valence-electron chi connectivity index (χ2n) is 7.65. The van der Waals surface area contributed by atoms with Gasteiger partial charge in [0.15, 0.2) is 17.2 Å². The van der Waals surface area contributed by atoms with Gasteiger partial charge >= 0.3 is 6.18 Å². The van der Waals surface area contributed by atoms with Crippen molar-refractivity contribution in [3.8, 4) is 5.69 Å². The van der Waals surface area contributed by atoms with Crippen molar-refractivity contribution in [2.75, 3.05) is 5.32 Å². The number of oxazole rings is 1. The Balaban J connectivity index is 1.47. The highest BCUT2D eigenvalue weighted by atomic mass is 35.5. The number of aromatic nitrogens is 3. The Morgan fingerprint density at radius 2 is 2.00 bits per heavy atom. The molecule has 2 aromatic carbocycles. The summed E-state index contributed by atoms with van der Waals surface area (Å²) in [7, 11) is 0. The van der Waals surface area contributed by atoms with Gasteiger partial charge < -0.3 is 9.73 Å². The molecule has 5 rings (SSSR count). The molecule has 0 bridgehead atoms. The summed E-state index contributed by atoms with van der Waals surface area (Å²) < 4.78 is 46.8. The van der Waals surface area contributed by atoms with Crippen LogP contribution in [-0.2, 0) is 6.18 Å². The molecule has 1 saturated carbocycles. The van der Waals surface area contributed by atoms with Crippen LogP contribution in [-0.4, -0.2) is 20.7 Å². The fraction of sp³-hybridized carbons (Fsp3) is 0.227. The van der Waals surface area contributed by atoms with E-state index in [2.05, 4.69) is 15.4 Å². The average molecular weight is 461 g/mol. The number of benzene rings is 2. The van der Waals surface area contributed by atoms with Gasteiger partial charge in [-0.1, -0.05) is 17.7 Å². The molecular weight excluding hydrogens is 445 g/mol. The Hall–Kier alpha value is -3.33. The first-order valence-electron chi connectivity index (χ1n) is 9.85. The summed E-state index contributed by atoms with van der Waals surface area (Å²) in [4.78, 5) is 17.0. The van der Waals surface area contributed by atoms with Gasteiger partial charge in [-0.15, -0.1) is 0 Å². The van der Waals surface area contributed by atoms with Crippen LogP contribution in [0.25, 0.3) is 16.8 Å². The zero-order chi connectivity index (χ0) is 22.6. The highest BCUT2D eigenvalue weighted by molar-refractivity contribution is 6.32. The van der Waals surface area contributed by atoms with Crippen molar-refractivity contribution >= 4 is 34.3 Å². The van der Waals surface area contributed by atoms with Crippen LogP contribution < -0.4 is 5.32 Å². The second-order valence-corrected chi connectivity index (χ2v) is 8.03. The Morgan fingerprint density at radius 1 is 1.22 bits per heavy atom. The topological polar surface area (TPSA) is 73.0 Å². The van der Waals surface area contributed by atoms with Crippen molar-refractivity contribution in [1.29, 1.82) is 0 Å². The van der Waals surface area contributed by atoms with E-state index in [1.165, 1.54) is 10.7 Å². The fourth-order valence-corrected chi connectivity index (χ4v) is 3.98. The van der Waals surface area contributed by atoms with Crippen LogP contribution >= 0.6 is 11.6 Å². The number of hydrogen-bond acceptors (Lipinski definition) is 4. The number of halogens is 4. The molecular formula is C22H16ClF3N4O2. The largest absolute Gasteiger partial charge is 0.441 e. The smallest absolute Gasteiger partial charge is 0.436 e. The maximum absolute atomic E-state index is 13.4. The number of alkyl halides is 3. The number of nitrogens with zero attached hydrogens (tertiary/aromatic N) is 3. The van der Waals surface area contributed by atoms with Crippen molar-refractivity contribution in [1.82, 2.24) is 14.8 Å². The molecule has 6 nitrogen and oxygen atoms in total. The Labute approximate surface area is 185 Å². The van der Waals surface area contributed by atoms with Crippen molar-refractivity contribution < 1.29 is 22.4 Å². The van der Waals surface area contributed by atoms with Crippen LogP contribution in [0.4, 0.5) is 18.9 Å². The zero-order valence-corrected chi connectivity index (χ0v) is 17.5. The molecule has 2 heterocycles. The molecule has 2 aromatic heterocycles. The van der Waals surface area contributed by atoms with E-state index < -0.39 is 17.8 Å². The number of hydrogen-bond donors (Lipinski definition) is 1. The van der Waals surface area contributed by atoms with Gasteiger partial charge in [0.2, 0.25) is 0 Å². The predicted octanol–water partition coefficient (Wildman–Crippen LogP) is 6.12. The monoisotopic (exact) mass is 460 g/mol. The molecule has 0 radical (unpaired) electrons. The van der Waals surface area contributed by atoms with Gasteiger partial charge in [0.25, 0.3) is 5.91 Å². The third-order valence-corrected chi connectivity index (χ3v) is 5.57. The van der Waals surface area contributed by atoms with Gasteiger partial charge in [-0.3, -0.25) is 4.79 Å². The average Bonchev–Trinajstić information content (AvgIpc) is 3.40. The lowest BCUT2D eigenvalue weighted by Crippen LogP contribution is -2.13. The highest BCUT2D eigenvalue weighted by Crippen LogP contribution is 2.47. The number of nitrogens with one attached hydrogen (secondary N) is 1. The molecule has 0 atom stereocenters. The standard InChI is InChI=1S/C22H16ClF3N4O2/c1-11-27-16-8-7-14(10-17(16)32-11)28-21(31)13-3-2-4-15(9-13)30-19(12-5-6-12)18(23)20(29-30)22(24,25)26/h2-4,7-10,12H,5-6H2,1H3,(H,28,31). The molecule has 164 valence electrons. The lowest BCUT2D eigenvalue weighted by molar-refractivity contribution is -0.141. The lowest BCUT2D eigenvalue weighted by Gasteiger charge is -2.10. The number of carbonyl (C=O) groups excluding carboxylic acids is 1. The van der Waals surface area contributed by atoms with Crippen LogP contribution in [0.15, 0.2) is 46.9 Å². The quantitative estimate of drug-likeness (QED) is 0.398. The van der Waals surface area contributed by atoms with Crippen molar-refractivity contribution in [3.63, 3.8) is 0 Å². The summed E-state index contributed by atoms with van der Waals surface area (Å²) in [5.74, 6) is 0.00383. The lowest BCUT2D eigenvalue weighted by atomic mass is 10.1. The molecule has 10 heteroatoms. The molecule has 1 fully saturated rings. The number of aryl methyl sites for hydroxylation is 1. The van der Waals surface area contributed by atoms with Crippen LogP contribution in [0, 0.1) is 6.92 Å². The van der Waals surface area contributed by atoms with E-state index in [0.717, 1.165) is 12.8 Å². The first kappa shape index (κ1) is 20.6. The molecule has 4 aromatic rings. The van der Waals surface area contributed by atoms with Crippen LogP contribution in [0.1, 0.15) is 46.4 Å². The maximum atomic E-state index is 13.4. The molecule has 32 heavy (non-hydrogen) atoms. The third kappa shape index (κ3) is 3.73. The van der Waals surface area contributed by atoms with Crippen LogP contribution in [0.2, 0.25) is 5.02 Å². The van der Waals surface area contributed by atoms with E-state index in [-0.39, 0.29) is 16.5 Å². The molecule has 0 saturated heterocycles.